The number of hydrogen-bond acceptors (Lipinski definition) is 3. The zero-order chi connectivity index (χ0) is 7.56. The molecule has 0 saturated heterocycles. The van der Waals surface area contributed by atoms with Crippen LogP contribution >= 0.6 is 11.6 Å². The molecule has 0 amide bonds. The van der Waals surface area contributed by atoms with Gasteiger partial charge in [0.25, 0.3) is 0 Å². The van der Waals surface area contributed by atoms with Crippen molar-refractivity contribution in [3.8, 4) is 0 Å². The fourth-order valence-electron chi connectivity index (χ4n) is 0.500. The predicted octanol–water partition coefficient (Wildman–Crippen LogP) is 1.18. The van der Waals surface area contributed by atoms with Gasteiger partial charge in [0, 0.05) is 11.8 Å². The molecule has 0 spiro atoms. The fraction of sp³-hybridized carbons (Fsp3) is 0.200. The van der Waals surface area contributed by atoms with Gasteiger partial charge in [0.15, 0.2) is 0 Å². The third kappa shape index (κ3) is 1.33. The molecule has 1 aromatic heterocycles. The highest BCUT2D eigenvalue weighted by atomic mass is 35.5. The summed E-state index contributed by atoms with van der Waals surface area (Å²) in [4.78, 5) is 7.08. The molecule has 1 aromatic rings. The first-order valence-corrected chi connectivity index (χ1v) is 2.94. The third-order valence-electron chi connectivity index (χ3n) is 1.01. The molecule has 0 saturated carbocycles. The van der Waals surface area contributed by atoms with Gasteiger partial charge < -0.3 is 5.73 Å². The molecule has 0 aliphatic rings. The van der Waals surface area contributed by atoms with Crippen molar-refractivity contribution in [2.75, 3.05) is 5.73 Å². The van der Waals surface area contributed by atoms with Gasteiger partial charge in [-0.3, -0.25) is 0 Å². The van der Waals surface area contributed by atoms with Crippen molar-refractivity contribution in [2.24, 2.45) is 0 Å². The minimum absolute atomic E-state index is 0.0368. The lowest BCUT2D eigenvalue weighted by Crippen LogP contribution is -1.97. The molecule has 0 aliphatic heterocycles. The van der Waals surface area contributed by atoms with Gasteiger partial charge in [-0.15, -0.1) is 0 Å². The lowest BCUT2D eigenvalue weighted by atomic mass is 10.3. The second-order valence-electron chi connectivity index (χ2n) is 1.68. The lowest BCUT2D eigenvalue weighted by molar-refractivity contribution is 0.484. The van der Waals surface area contributed by atoms with E-state index in [4.69, 9.17) is 17.3 Å². The second kappa shape index (κ2) is 2.79. The van der Waals surface area contributed by atoms with Crippen molar-refractivity contribution in [3.63, 3.8) is 0 Å². The standard InChI is InChI=1S/C5H5ClFN3/c6-5-9-2-3(1-7)4(8)10-5/h2H,1H2,(H2,8,9,10). The monoisotopic (exact) mass is 161 g/mol. The maximum absolute atomic E-state index is 11.9. The van der Waals surface area contributed by atoms with Crippen LogP contribution in [-0.4, -0.2) is 9.97 Å². The molecule has 1 heterocycles. The summed E-state index contributed by atoms with van der Waals surface area (Å²) >= 11 is 5.35. The Morgan fingerprint density at radius 3 is 2.90 bits per heavy atom. The topological polar surface area (TPSA) is 51.8 Å². The van der Waals surface area contributed by atoms with Crippen LogP contribution in [0.2, 0.25) is 5.28 Å². The van der Waals surface area contributed by atoms with Crippen LogP contribution < -0.4 is 5.73 Å². The average molecular weight is 162 g/mol. The van der Waals surface area contributed by atoms with Crippen molar-refractivity contribution in [2.45, 2.75) is 6.67 Å². The summed E-state index contributed by atoms with van der Waals surface area (Å²) in [6.45, 7) is -0.664. The van der Waals surface area contributed by atoms with E-state index in [0.29, 0.717) is 0 Å². The molecule has 54 valence electrons. The summed E-state index contributed by atoms with van der Waals surface area (Å²) < 4.78 is 11.9. The molecule has 0 atom stereocenters. The maximum Gasteiger partial charge on any atom is 0.224 e. The molecule has 0 fully saturated rings. The van der Waals surface area contributed by atoms with Gasteiger partial charge in [0.1, 0.15) is 12.5 Å². The number of nitrogens with two attached hydrogens (primary N) is 1. The zero-order valence-electron chi connectivity index (χ0n) is 5.01. The number of nitrogen functional groups attached to an aromatic ring is 1. The van der Waals surface area contributed by atoms with Gasteiger partial charge >= 0.3 is 0 Å². The molecule has 1 rings (SSSR count). The molecular weight excluding hydrogens is 157 g/mol. The van der Waals surface area contributed by atoms with E-state index in [9.17, 15) is 4.39 Å². The first-order valence-electron chi connectivity index (χ1n) is 2.57. The Morgan fingerprint density at radius 1 is 1.70 bits per heavy atom. The Kier molecular flexibility index (Phi) is 2.01. The SMILES string of the molecule is Nc1nc(Cl)ncc1CF. The highest BCUT2D eigenvalue weighted by Gasteiger charge is 2.00. The Labute approximate surface area is 62.0 Å². The number of rotatable bonds is 1. The number of aromatic nitrogens is 2. The number of anilines is 1. The number of hydrogen-bond donors (Lipinski definition) is 1. The summed E-state index contributed by atoms with van der Waals surface area (Å²) in [6.07, 6.45) is 1.27. The summed E-state index contributed by atoms with van der Waals surface area (Å²) in [6, 6.07) is 0. The minimum Gasteiger partial charge on any atom is -0.383 e. The Balaban J connectivity index is 3.07. The highest BCUT2D eigenvalue weighted by molar-refractivity contribution is 6.28. The number of alkyl halides is 1. The molecule has 0 aromatic carbocycles. The highest BCUT2D eigenvalue weighted by Crippen LogP contribution is 2.10. The van der Waals surface area contributed by atoms with Crippen molar-refractivity contribution < 1.29 is 4.39 Å². The van der Waals surface area contributed by atoms with Gasteiger partial charge in [-0.1, -0.05) is 0 Å². The molecule has 0 unspecified atom stereocenters. The van der Waals surface area contributed by atoms with E-state index in [2.05, 4.69) is 9.97 Å². The van der Waals surface area contributed by atoms with Gasteiger partial charge in [-0.2, -0.15) is 0 Å². The summed E-state index contributed by atoms with van der Waals surface area (Å²) in [5.41, 5.74) is 5.52. The van der Waals surface area contributed by atoms with Crippen molar-refractivity contribution in [3.05, 3.63) is 17.0 Å². The first kappa shape index (κ1) is 7.21. The van der Waals surface area contributed by atoms with Gasteiger partial charge in [-0.05, 0) is 11.6 Å². The van der Waals surface area contributed by atoms with Gasteiger partial charge in [-0.25, -0.2) is 14.4 Å². The molecule has 0 bridgehead atoms. The number of nitrogens with zero attached hydrogens (tertiary/aromatic N) is 2. The van der Waals surface area contributed by atoms with Crippen molar-refractivity contribution in [1.82, 2.24) is 9.97 Å². The van der Waals surface area contributed by atoms with Gasteiger partial charge in [0.2, 0.25) is 5.28 Å². The van der Waals surface area contributed by atoms with Crippen LogP contribution in [0, 0.1) is 0 Å². The molecule has 0 radical (unpaired) electrons. The van der Waals surface area contributed by atoms with E-state index in [1.54, 1.807) is 0 Å². The maximum atomic E-state index is 11.9. The number of halogens is 2. The summed E-state index contributed by atoms with van der Waals surface area (Å²) in [5.74, 6) is 0.0995. The van der Waals surface area contributed by atoms with Crippen LogP contribution in [0.1, 0.15) is 5.56 Å². The predicted molar refractivity (Wildman–Crippen MR) is 36.3 cm³/mol. The molecule has 3 nitrogen and oxygen atoms in total. The molecule has 5 heteroatoms. The summed E-state index contributed by atoms with van der Waals surface area (Å²) in [5, 5.41) is 0.0368. The first-order chi connectivity index (χ1) is 4.74. The van der Waals surface area contributed by atoms with Crippen LogP contribution in [0.3, 0.4) is 0 Å². The second-order valence-corrected chi connectivity index (χ2v) is 2.02. The Bertz CT molecular complexity index is 240. The van der Waals surface area contributed by atoms with Crippen molar-refractivity contribution in [1.29, 1.82) is 0 Å². The van der Waals surface area contributed by atoms with Crippen LogP contribution in [0.25, 0.3) is 0 Å². The normalized spacial score (nSPS) is 9.80. The van der Waals surface area contributed by atoms with E-state index >= 15 is 0 Å². The molecule has 0 aliphatic carbocycles. The van der Waals surface area contributed by atoms with E-state index in [0.717, 1.165) is 0 Å². The van der Waals surface area contributed by atoms with Gasteiger partial charge in [0.05, 0.1) is 0 Å². The molecular formula is C5H5ClFN3. The average Bonchev–Trinajstić information content (AvgIpc) is 1.88. The Hall–Kier alpha value is -0.900. The minimum atomic E-state index is -0.664. The summed E-state index contributed by atoms with van der Waals surface area (Å²) in [7, 11) is 0. The molecule has 10 heavy (non-hydrogen) atoms. The lowest BCUT2D eigenvalue weighted by Gasteiger charge is -1.97. The van der Waals surface area contributed by atoms with E-state index in [1.807, 2.05) is 0 Å². The smallest absolute Gasteiger partial charge is 0.224 e. The zero-order valence-corrected chi connectivity index (χ0v) is 5.77. The van der Waals surface area contributed by atoms with Crippen LogP contribution in [0.5, 0.6) is 0 Å². The van der Waals surface area contributed by atoms with Crippen LogP contribution in [0.15, 0.2) is 6.20 Å². The fourth-order valence-corrected chi connectivity index (χ4v) is 0.640. The van der Waals surface area contributed by atoms with E-state index in [1.165, 1.54) is 6.20 Å². The third-order valence-corrected chi connectivity index (χ3v) is 1.19. The van der Waals surface area contributed by atoms with Crippen LogP contribution in [0.4, 0.5) is 10.2 Å². The largest absolute Gasteiger partial charge is 0.383 e. The van der Waals surface area contributed by atoms with Crippen LogP contribution in [-0.2, 0) is 6.67 Å². The molecule has 2 N–H and O–H groups in total. The van der Waals surface area contributed by atoms with Crippen molar-refractivity contribution >= 4 is 17.4 Å². The quantitative estimate of drug-likeness (QED) is 0.630. The van der Waals surface area contributed by atoms with E-state index < -0.39 is 6.67 Å². The van der Waals surface area contributed by atoms with E-state index in [-0.39, 0.29) is 16.7 Å². The Morgan fingerprint density at radius 2 is 2.40 bits per heavy atom.